The van der Waals surface area contributed by atoms with Gasteiger partial charge in [-0.15, -0.1) is 0 Å². The van der Waals surface area contributed by atoms with Crippen LogP contribution >= 0.6 is 27.5 Å². The van der Waals surface area contributed by atoms with E-state index in [4.69, 9.17) is 26.8 Å². The van der Waals surface area contributed by atoms with E-state index in [0.29, 0.717) is 16.5 Å². The van der Waals surface area contributed by atoms with E-state index in [1.807, 2.05) is 31.2 Å². The van der Waals surface area contributed by atoms with Gasteiger partial charge in [-0.3, -0.25) is 0 Å². The predicted molar refractivity (Wildman–Crippen MR) is 89.5 cm³/mol. The van der Waals surface area contributed by atoms with Crippen molar-refractivity contribution in [3.63, 3.8) is 0 Å². The number of ether oxygens (including phenoxy) is 2. The van der Waals surface area contributed by atoms with E-state index < -0.39 is 0 Å². The van der Waals surface area contributed by atoms with Gasteiger partial charge in [0.15, 0.2) is 0 Å². The molecular weight excluding hydrogens is 354 g/mol. The Kier molecular flexibility index (Phi) is 5.14. The summed E-state index contributed by atoms with van der Waals surface area (Å²) in [6.07, 6.45) is 0. The number of nitrogens with two attached hydrogens (primary N) is 1. The fraction of sp³-hybridized carbons (Fsp3) is 0.250. The van der Waals surface area contributed by atoms with Gasteiger partial charge in [0.2, 0.25) is 0 Å². The first-order valence-electron chi connectivity index (χ1n) is 6.41. The quantitative estimate of drug-likeness (QED) is 0.863. The first-order chi connectivity index (χ1) is 9.99. The van der Waals surface area contributed by atoms with E-state index in [0.717, 1.165) is 21.2 Å². The molecule has 0 aliphatic rings. The molecule has 3 nitrogen and oxygen atoms in total. The van der Waals surface area contributed by atoms with Crippen molar-refractivity contribution in [3.8, 4) is 11.5 Å². The first kappa shape index (κ1) is 16.1. The van der Waals surface area contributed by atoms with Gasteiger partial charge in [0.25, 0.3) is 0 Å². The van der Waals surface area contributed by atoms with Gasteiger partial charge in [0.1, 0.15) is 16.5 Å². The molecule has 0 bridgehead atoms. The molecule has 0 saturated heterocycles. The molecule has 0 saturated carbocycles. The van der Waals surface area contributed by atoms with Crippen molar-refractivity contribution < 1.29 is 9.47 Å². The second-order valence-electron chi connectivity index (χ2n) is 4.71. The third-order valence-corrected chi connectivity index (χ3v) is 4.39. The molecule has 2 N–H and O–H groups in total. The van der Waals surface area contributed by atoms with Crippen LogP contribution in [0.3, 0.4) is 0 Å². The zero-order valence-corrected chi connectivity index (χ0v) is 14.5. The van der Waals surface area contributed by atoms with Crippen molar-refractivity contribution in [1.29, 1.82) is 0 Å². The lowest BCUT2D eigenvalue weighted by Crippen LogP contribution is -2.14. The van der Waals surface area contributed by atoms with Gasteiger partial charge in [-0.05, 0) is 36.2 Å². The Labute approximate surface area is 138 Å². The first-order valence-corrected chi connectivity index (χ1v) is 7.58. The van der Waals surface area contributed by atoms with Crippen LogP contribution in [0.2, 0.25) is 5.02 Å². The van der Waals surface area contributed by atoms with Crippen LogP contribution in [0.5, 0.6) is 11.5 Å². The van der Waals surface area contributed by atoms with Gasteiger partial charge in [0, 0.05) is 10.0 Å². The normalized spacial score (nSPS) is 12.1. The number of aryl methyl sites for hydroxylation is 1. The third-order valence-electron chi connectivity index (χ3n) is 3.34. The van der Waals surface area contributed by atoms with Crippen LogP contribution in [0.4, 0.5) is 0 Å². The monoisotopic (exact) mass is 369 g/mol. The minimum atomic E-state index is -0.349. The van der Waals surface area contributed by atoms with Crippen molar-refractivity contribution in [2.45, 2.75) is 13.0 Å². The summed E-state index contributed by atoms with van der Waals surface area (Å²) in [6, 6.07) is 9.38. The average Bonchev–Trinajstić information content (AvgIpc) is 2.46. The van der Waals surface area contributed by atoms with Crippen LogP contribution in [0.25, 0.3) is 0 Å². The van der Waals surface area contributed by atoms with E-state index in [1.54, 1.807) is 20.3 Å². The van der Waals surface area contributed by atoms with Crippen LogP contribution in [0.1, 0.15) is 22.7 Å². The van der Waals surface area contributed by atoms with Gasteiger partial charge >= 0.3 is 0 Å². The van der Waals surface area contributed by atoms with Crippen LogP contribution in [0.15, 0.2) is 34.8 Å². The third kappa shape index (κ3) is 3.18. The summed E-state index contributed by atoms with van der Waals surface area (Å²) in [5.74, 6) is 1.10. The Bertz CT molecular complexity index is 661. The molecule has 2 aromatic carbocycles. The smallest absolute Gasteiger partial charge is 0.146 e. The Morgan fingerprint density at radius 1 is 1.10 bits per heavy atom. The molecule has 0 aliphatic heterocycles. The SMILES string of the molecule is COc1ccc(C(N)c2ccc(C)cc2Br)c(OC)c1Cl. The highest BCUT2D eigenvalue weighted by molar-refractivity contribution is 9.10. The number of halogens is 2. The maximum atomic E-state index is 6.39. The van der Waals surface area contributed by atoms with E-state index in [2.05, 4.69) is 15.9 Å². The summed E-state index contributed by atoms with van der Waals surface area (Å²) < 4.78 is 11.6. The van der Waals surface area contributed by atoms with Gasteiger partial charge < -0.3 is 15.2 Å². The molecule has 2 rings (SSSR count). The lowest BCUT2D eigenvalue weighted by Gasteiger charge is -2.19. The van der Waals surface area contributed by atoms with E-state index in [-0.39, 0.29) is 6.04 Å². The van der Waals surface area contributed by atoms with Crippen molar-refractivity contribution in [2.75, 3.05) is 14.2 Å². The van der Waals surface area contributed by atoms with Crippen LogP contribution in [-0.4, -0.2) is 14.2 Å². The minimum Gasteiger partial charge on any atom is -0.495 e. The lowest BCUT2D eigenvalue weighted by atomic mass is 9.97. The summed E-state index contributed by atoms with van der Waals surface area (Å²) in [4.78, 5) is 0. The van der Waals surface area contributed by atoms with Gasteiger partial charge in [0.05, 0.1) is 20.3 Å². The molecule has 0 aliphatic carbocycles. The van der Waals surface area contributed by atoms with Crippen LogP contribution in [-0.2, 0) is 0 Å². The summed E-state index contributed by atoms with van der Waals surface area (Å²) in [5.41, 5.74) is 9.34. The van der Waals surface area contributed by atoms with Gasteiger partial charge in [-0.25, -0.2) is 0 Å². The Morgan fingerprint density at radius 2 is 1.76 bits per heavy atom. The number of rotatable bonds is 4. The second kappa shape index (κ2) is 6.69. The summed E-state index contributed by atoms with van der Waals surface area (Å²) in [5, 5.41) is 0.427. The molecule has 0 fully saturated rings. The molecule has 0 radical (unpaired) electrons. The molecule has 1 unspecified atom stereocenters. The Balaban J connectivity index is 2.52. The van der Waals surface area contributed by atoms with E-state index in [9.17, 15) is 0 Å². The van der Waals surface area contributed by atoms with Crippen molar-refractivity contribution >= 4 is 27.5 Å². The molecule has 0 aromatic heterocycles. The molecular formula is C16H17BrClNO2. The molecule has 5 heteroatoms. The molecule has 0 spiro atoms. The Morgan fingerprint density at radius 3 is 2.33 bits per heavy atom. The molecule has 112 valence electrons. The molecule has 0 heterocycles. The Hall–Kier alpha value is -1.23. The fourth-order valence-electron chi connectivity index (χ4n) is 2.21. The molecule has 0 amide bonds. The minimum absolute atomic E-state index is 0.349. The maximum absolute atomic E-state index is 6.39. The highest BCUT2D eigenvalue weighted by Crippen LogP contribution is 2.41. The highest BCUT2D eigenvalue weighted by Gasteiger charge is 2.20. The van der Waals surface area contributed by atoms with Crippen molar-refractivity contribution in [3.05, 3.63) is 56.5 Å². The zero-order chi connectivity index (χ0) is 15.6. The topological polar surface area (TPSA) is 44.5 Å². The number of methoxy groups -OCH3 is 2. The number of hydrogen-bond acceptors (Lipinski definition) is 3. The average molecular weight is 371 g/mol. The van der Waals surface area contributed by atoms with Gasteiger partial charge in [-0.1, -0.05) is 39.7 Å². The second-order valence-corrected chi connectivity index (χ2v) is 5.94. The number of benzene rings is 2. The molecule has 2 aromatic rings. The summed E-state index contributed by atoms with van der Waals surface area (Å²) in [6.45, 7) is 2.03. The van der Waals surface area contributed by atoms with Crippen molar-refractivity contribution in [2.24, 2.45) is 5.73 Å². The fourth-order valence-corrected chi connectivity index (χ4v) is 3.28. The van der Waals surface area contributed by atoms with Crippen LogP contribution < -0.4 is 15.2 Å². The van der Waals surface area contributed by atoms with Crippen LogP contribution in [0, 0.1) is 6.92 Å². The highest BCUT2D eigenvalue weighted by atomic mass is 79.9. The maximum Gasteiger partial charge on any atom is 0.146 e. The van der Waals surface area contributed by atoms with Crippen molar-refractivity contribution in [1.82, 2.24) is 0 Å². The summed E-state index contributed by atoms with van der Waals surface area (Å²) >= 11 is 9.85. The largest absolute Gasteiger partial charge is 0.495 e. The van der Waals surface area contributed by atoms with E-state index in [1.165, 1.54) is 0 Å². The lowest BCUT2D eigenvalue weighted by molar-refractivity contribution is 0.390. The predicted octanol–water partition coefficient (Wildman–Crippen LogP) is 4.48. The molecule has 21 heavy (non-hydrogen) atoms. The number of hydrogen-bond donors (Lipinski definition) is 1. The van der Waals surface area contributed by atoms with Gasteiger partial charge in [-0.2, -0.15) is 0 Å². The van der Waals surface area contributed by atoms with E-state index >= 15 is 0 Å². The zero-order valence-electron chi connectivity index (χ0n) is 12.1. The molecule has 1 atom stereocenters. The standard InChI is InChI=1S/C16H17BrClNO2/c1-9-4-5-10(12(17)8-9)15(19)11-6-7-13(20-2)14(18)16(11)21-3/h4-8,15H,19H2,1-3H3. The summed E-state index contributed by atoms with van der Waals surface area (Å²) in [7, 11) is 3.14.